The SMILES string of the molecule is Cc1cc2ccccc2n1CC(=O)N[C@H]1CCCC[C@@H]1C. The van der Waals surface area contributed by atoms with E-state index < -0.39 is 0 Å². The molecule has 112 valence electrons. The van der Waals surface area contributed by atoms with Gasteiger partial charge in [-0.1, -0.05) is 38.0 Å². The summed E-state index contributed by atoms with van der Waals surface area (Å²) >= 11 is 0. The molecule has 1 aromatic heterocycles. The average Bonchev–Trinajstić information content (AvgIpc) is 2.78. The van der Waals surface area contributed by atoms with Crippen LogP contribution in [-0.2, 0) is 11.3 Å². The van der Waals surface area contributed by atoms with Crippen LogP contribution in [0.15, 0.2) is 30.3 Å². The first kappa shape index (κ1) is 14.2. The minimum absolute atomic E-state index is 0.137. The normalized spacial score (nSPS) is 22.4. The monoisotopic (exact) mass is 284 g/mol. The number of rotatable bonds is 3. The Labute approximate surface area is 126 Å². The lowest BCUT2D eigenvalue weighted by atomic mass is 9.86. The highest BCUT2D eigenvalue weighted by Crippen LogP contribution is 2.24. The van der Waals surface area contributed by atoms with E-state index in [0.29, 0.717) is 18.5 Å². The lowest BCUT2D eigenvalue weighted by molar-refractivity contribution is -0.122. The van der Waals surface area contributed by atoms with Crippen LogP contribution < -0.4 is 5.32 Å². The van der Waals surface area contributed by atoms with Gasteiger partial charge in [0.15, 0.2) is 0 Å². The van der Waals surface area contributed by atoms with Crippen LogP contribution in [0.4, 0.5) is 0 Å². The molecule has 2 atom stereocenters. The van der Waals surface area contributed by atoms with E-state index in [2.05, 4.69) is 41.9 Å². The summed E-state index contributed by atoms with van der Waals surface area (Å²) in [5.41, 5.74) is 2.28. The van der Waals surface area contributed by atoms with E-state index in [-0.39, 0.29) is 5.91 Å². The lowest BCUT2D eigenvalue weighted by Crippen LogP contribution is -2.42. The van der Waals surface area contributed by atoms with Gasteiger partial charge < -0.3 is 9.88 Å². The molecule has 0 bridgehead atoms. The van der Waals surface area contributed by atoms with E-state index in [4.69, 9.17) is 0 Å². The van der Waals surface area contributed by atoms with Gasteiger partial charge in [0.05, 0.1) is 0 Å². The number of carbonyl (C=O) groups excluding carboxylic acids is 1. The van der Waals surface area contributed by atoms with Gasteiger partial charge in [0.2, 0.25) is 5.91 Å². The number of hydrogen-bond donors (Lipinski definition) is 1. The third-order valence-electron chi connectivity index (χ3n) is 4.78. The zero-order valence-corrected chi connectivity index (χ0v) is 12.9. The third kappa shape index (κ3) is 2.97. The number of carbonyl (C=O) groups is 1. The highest BCUT2D eigenvalue weighted by molar-refractivity contribution is 5.84. The van der Waals surface area contributed by atoms with Gasteiger partial charge in [-0.25, -0.2) is 0 Å². The molecule has 21 heavy (non-hydrogen) atoms. The zero-order chi connectivity index (χ0) is 14.8. The molecule has 3 heteroatoms. The fourth-order valence-corrected chi connectivity index (χ4v) is 3.48. The minimum Gasteiger partial charge on any atom is -0.352 e. The molecule has 1 N–H and O–H groups in total. The molecule has 1 aliphatic rings. The number of amides is 1. The predicted molar refractivity (Wildman–Crippen MR) is 86.2 cm³/mol. The molecule has 2 aromatic rings. The number of nitrogens with zero attached hydrogens (tertiary/aromatic N) is 1. The van der Waals surface area contributed by atoms with Crippen molar-refractivity contribution in [2.24, 2.45) is 5.92 Å². The van der Waals surface area contributed by atoms with E-state index in [1.54, 1.807) is 0 Å². The van der Waals surface area contributed by atoms with Crippen molar-refractivity contribution < 1.29 is 4.79 Å². The van der Waals surface area contributed by atoms with Crippen molar-refractivity contribution >= 4 is 16.8 Å². The number of para-hydroxylation sites is 1. The molecule has 1 heterocycles. The molecule has 1 aliphatic carbocycles. The summed E-state index contributed by atoms with van der Waals surface area (Å²) in [4.78, 5) is 12.4. The van der Waals surface area contributed by atoms with Crippen molar-refractivity contribution in [1.29, 1.82) is 0 Å². The topological polar surface area (TPSA) is 34.0 Å². The fraction of sp³-hybridized carbons (Fsp3) is 0.500. The van der Waals surface area contributed by atoms with Crippen LogP contribution in [0.5, 0.6) is 0 Å². The Hall–Kier alpha value is -1.77. The molecule has 0 saturated heterocycles. The number of fused-ring (bicyclic) bond motifs is 1. The summed E-state index contributed by atoms with van der Waals surface area (Å²) in [6.45, 7) is 4.74. The Morgan fingerprint density at radius 1 is 1.29 bits per heavy atom. The van der Waals surface area contributed by atoms with E-state index in [1.165, 1.54) is 24.6 Å². The first-order valence-corrected chi connectivity index (χ1v) is 7.99. The Morgan fingerprint density at radius 3 is 2.86 bits per heavy atom. The molecular formula is C18H24N2O. The number of nitrogens with one attached hydrogen (secondary N) is 1. The van der Waals surface area contributed by atoms with E-state index >= 15 is 0 Å². The molecule has 0 aliphatic heterocycles. The highest BCUT2D eigenvalue weighted by atomic mass is 16.2. The van der Waals surface area contributed by atoms with Crippen molar-refractivity contribution in [2.75, 3.05) is 0 Å². The van der Waals surface area contributed by atoms with Crippen LogP contribution in [0, 0.1) is 12.8 Å². The van der Waals surface area contributed by atoms with Gasteiger partial charge in [0, 0.05) is 17.3 Å². The van der Waals surface area contributed by atoms with E-state index in [0.717, 1.165) is 17.6 Å². The molecule has 3 nitrogen and oxygen atoms in total. The summed E-state index contributed by atoms with van der Waals surface area (Å²) in [5.74, 6) is 0.739. The van der Waals surface area contributed by atoms with Gasteiger partial charge in [0.1, 0.15) is 6.54 Å². The van der Waals surface area contributed by atoms with Crippen molar-refractivity contribution in [2.45, 2.75) is 52.1 Å². The largest absolute Gasteiger partial charge is 0.352 e. The average molecular weight is 284 g/mol. The molecule has 1 fully saturated rings. The summed E-state index contributed by atoms with van der Waals surface area (Å²) in [6, 6.07) is 10.7. The second kappa shape index (κ2) is 5.92. The first-order chi connectivity index (χ1) is 10.1. The summed E-state index contributed by atoms with van der Waals surface area (Å²) in [7, 11) is 0. The molecule has 0 unspecified atom stereocenters. The molecule has 0 radical (unpaired) electrons. The van der Waals surface area contributed by atoms with Crippen LogP contribution in [-0.4, -0.2) is 16.5 Å². The molecule has 0 spiro atoms. The van der Waals surface area contributed by atoms with Crippen molar-refractivity contribution in [3.8, 4) is 0 Å². The number of hydrogen-bond acceptors (Lipinski definition) is 1. The van der Waals surface area contributed by atoms with Gasteiger partial charge in [-0.2, -0.15) is 0 Å². The highest BCUT2D eigenvalue weighted by Gasteiger charge is 2.23. The Kier molecular flexibility index (Phi) is 4.00. The molecule has 1 saturated carbocycles. The maximum absolute atomic E-state index is 12.4. The van der Waals surface area contributed by atoms with Gasteiger partial charge in [-0.3, -0.25) is 4.79 Å². The van der Waals surface area contributed by atoms with Crippen molar-refractivity contribution in [3.63, 3.8) is 0 Å². The van der Waals surface area contributed by atoms with Crippen LogP contribution in [0.2, 0.25) is 0 Å². The van der Waals surface area contributed by atoms with E-state index in [1.807, 2.05) is 12.1 Å². The smallest absolute Gasteiger partial charge is 0.240 e. The second-order valence-electron chi connectivity index (χ2n) is 6.37. The standard InChI is InChI=1S/C18H24N2O/c1-13-7-3-5-9-16(13)19-18(21)12-20-14(2)11-15-8-4-6-10-17(15)20/h4,6,8,10-11,13,16H,3,5,7,9,12H2,1-2H3,(H,19,21)/t13-,16-/m0/s1. The summed E-state index contributed by atoms with van der Waals surface area (Å²) in [5, 5.41) is 4.44. The third-order valence-corrected chi connectivity index (χ3v) is 4.78. The first-order valence-electron chi connectivity index (χ1n) is 7.99. The minimum atomic E-state index is 0.137. The van der Waals surface area contributed by atoms with Crippen LogP contribution >= 0.6 is 0 Å². The van der Waals surface area contributed by atoms with Gasteiger partial charge in [-0.05, 0) is 43.2 Å². The maximum Gasteiger partial charge on any atom is 0.240 e. The van der Waals surface area contributed by atoms with Crippen molar-refractivity contribution in [1.82, 2.24) is 9.88 Å². The Bertz CT molecular complexity index is 644. The number of aryl methyl sites for hydroxylation is 1. The summed E-state index contributed by atoms with van der Waals surface area (Å²) < 4.78 is 2.11. The molecule has 3 rings (SSSR count). The van der Waals surface area contributed by atoms with Gasteiger partial charge in [0.25, 0.3) is 0 Å². The van der Waals surface area contributed by atoms with Crippen LogP contribution in [0.1, 0.15) is 38.3 Å². The summed E-state index contributed by atoms with van der Waals surface area (Å²) in [6.07, 6.45) is 4.89. The van der Waals surface area contributed by atoms with E-state index in [9.17, 15) is 4.79 Å². The van der Waals surface area contributed by atoms with Crippen molar-refractivity contribution in [3.05, 3.63) is 36.0 Å². The predicted octanol–water partition coefficient (Wildman–Crippen LogP) is 3.64. The van der Waals surface area contributed by atoms with Gasteiger partial charge in [-0.15, -0.1) is 0 Å². The molecular weight excluding hydrogens is 260 g/mol. The van der Waals surface area contributed by atoms with Gasteiger partial charge >= 0.3 is 0 Å². The Morgan fingerprint density at radius 2 is 2.05 bits per heavy atom. The van der Waals surface area contributed by atoms with Crippen LogP contribution in [0.25, 0.3) is 10.9 Å². The molecule has 1 aromatic carbocycles. The number of benzene rings is 1. The Balaban J connectivity index is 1.73. The zero-order valence-electron chi connectivity index (χ0n) is 12.9. The molecule has 1 amide bonds. The lowest BCUT2D eigenvalue weighted by Gasteiger charge is -2.29. The second-order valence-corrected chi connectivity index (χ2v) is 6.37. The quantitative estimate of drug-likeness (QED) is 0.917. The fourth-order valence-electron chi connectivity index (χ4n) is 3.48. The maximum atomic E-state index is 12.4. The number of aromatic nitrogens is 1. The van der Waals surface area contributed by atoms with Crippen LogP contribution in [0.3, 0.4) is 0 Å².